The second-order valence-electron chi connectivity index (χ2n) is 7.43. The molecule has 2 heterocycles. The van der Waals surface area contributed by atoms with Crippen LogP contribution in [0.3, 0.4) is 0 Å². The molecule has 1 unspecified atom stereocenters. The van der Waals surface area contributed by atoms with Crippen molar-refractivity contribution in [2.45, 2.75) is 46.2 Å². The summed E-state index contributed by atoms with van der Waals surface area (Å²) in [6, 6.07) is 14.4. The van der Waals surface area contributed by atoms with Crippen molar-refractivity contribution in [1.29, 1.82) is 0 Å². The molecule has 0 radical (unpaired) electrons. The van der Waals surface area contributed by atoms with E-state index in [1.165, 1.54) is 16.8 Å². The minimum Gasteiger partial charge on any atom is -0.469 e. The Hall–Kier alpha value is -2.29. The minimum atomic E-state index is 0. The topological polar surface area (TPSA) is 67.4 Å². The summed E-state index contributed by atoms with van der Waals surface area (Å²) in [5.41, 5.74) is 4.79. The number of hydrogen-bond acceptors (Lipinski definition) is 3. The lowest BCUT2D eigenvalue weighted by Gasteiger charge is -2.19. The SMILES string of the molecule is Cc1nn(C)c(C)c1CC(C)NC(=NCc1ccccc1)NCCc1ccco1.I. The number of aromatic nitrogens is 2. The van der Waals surface area contributed by atoms with Crippen LogP contribution in [0, 0.1) is 13.8 Å². The second-order valence-corrected chi connectivity index (χ2v) is 7.43. The van der Waals surface area contributed by atoms with Crippen molar-refractivity contribution in [2.24, 2.45) is 12.0 Å². The molecule has 7 heteroatoms. The molecule has 0 fully saturated rings. The number of nitrogens with zero attached hydrogens (tertiary/aromatic N) is 3. The Kier molecular flexibility index (Phi) is 9.42. The highest BCUT2D eigenvalue weighted by molar-refractivity contribution is 14.0. The largest absolute Gasteiger partial charge is 0.469 e. The van der Waals surface area contributed by atoms with Gasteiger partial charge in [0.1, 0.15) is 5.76 Å². The van der Waals surface area contributed by atoms with E-state index in [9.17, 15) is 0 Å². The van der Waals surface area contributed by atoms with Gasteiger partial charge in [0.15, 0.2) is 5.96 Å². The Labute approximate surface area is 196 Å². The molecule has 1 atom stereocenters. The van der Waals surface area contributed by atoms with E-state index in [1.807, 2.05) is 42.1 Å². The molecule has 0 aliphatic rings. The van der Waals surface area contributed by atoms with Gasteiger partial charge < -0.3 is 15.1 Å². The molecule has 6 nitrogen and oxygen atoms in total. The van der Waals surface area contributed by atoms with Crippen molar-refractivity contribution >= 4 is 29.9 Å². The molecule has 0 aliphatic carbocycles. The maximum Gasteiger partial charge on any atom is 0.191 e. The molecule has 3 aromatic rings. The highest BCUT2D eigenvalue weighted by atomic mass is 127. The van der Waals surface area contributed by atoms with Gasteiger partial charge in [0.2, 0.25) is 0 Å². The number of furan rings is 1. The van der Waals surface area contributed by atoms with E-state index < -0.39 is 0 Å². The lowest BCUT2D eigenvalue weighted by molar-refractivity contribution is 0.506. The minimum absolute atomic E-state index is 0. The van der Waals surface area contributed by atoms with Crippen molar-refractivity contribution in [3.05, 3.63) is 77.0 Å². The summed E-state index contributed by atoms with van der Waals surface area (Å²) in [7, 11) is 1.99. The monoisotopic (exact) mass is 521 g/mol. The second kappa shape index (κ2) is 11.8. The average Bonchev–Trinajstić information content (AvgIpc) is 3.31. The third-order valence-corrected chi connectivity index (χ3v) is 5.06. The van der Waals surface area contributed by atoms with E-state index >= 15 is 0 Å². The molecule has 162 valence electrons. The van der Waals surface area contributed by atoms with Crippen molar-refractivity contribution < 1.29 is 4.42 Å². The first kappa shape index (κ1) is 24.0. The van der Waals surface area contributed by atoms with Crippen LogP contribution < -0.4 is 10.6 Å². The van der Waals surface area contributed by atoms with E-state index in [4.69, 9.17) is 9.41 Å². The molecule has 0 saturated carbocycles. The normalized spacial score (nSPS) is 12.3. The Balaban J connectivity index is 0.00000320. The van der Waals surface area contributed by atoms with Crippen LogP contribution in [0.5, 0.6) is 0 Å². The first-order chi connectivity index (χ1) is 14.0. The number of nitrogens with one attached hydrogen (secondary N) is 2. The van der Waals surface area contributed by atoms with Crippen LogP contribution in [-0.4, -0.2) is 28.3 Å². The van der Waals surface area contributed by atoms with Crippen molar-refractivity contribution in [2.75, 3.05) is 6.54 Å². The lowest BCUT2D eigenvalue weighted by Crippen LogP contribution is -2.44. The van der Waals surface area contributed by atoms with E-state index in [0.29, 0.717) is 6.54 Å². The Morgan fingerprint density at radius 1 is 1.17 bits per heavy atom. The molecule has 2 N–H and O–H groups in total. The number of benzene rings is 1. The quantitative estimate of drug-likeness (QED) is 0.266. The summed E-state index contributed by atoms with van der Waals surface area (Å²) in [4.78, 5) is 4.79. The van der Waals surface area contributed by atoms with Crippen LogP contribution in [0.4, 0.5) is 0 Å². The Bertz CT molecular complexity index is 919. The van der Waals surface area contributed by atoms with E-state index in [0.717, 1.165) is 36.8 Å². The predicted molar refractivity (Wildman–Crippen MR) is 132 cm³/mol. The highest BCUT2D eigenvalue weighted by Crippen LogP contribution is 2.14. The molecule has 1 aromatic carbocycles. The van der Waals surface area contributed by atoms with Gasteiger partial charge in [0.05, 0.1) is 18.5 Å². The van der Waals surface area contributed by atoms with E-state index in [2.05, 4.69) is 48.6 Å². The fraction of sp³-hybridized carbons (Fsp3) is 0.391. The van der Waals surface area contributed by atoms with Crippen LogP contribution in [0.1, 0.15) is 35.2 Å². The van der Waals surface area contributed by atoms with Gasteiger partial charge in [-0.3, -0.25) is 4.68 Å². The fourth-order valence-electron chi connectivity index (χ4n) is 3.37. The molecule has 0 bridgehead atoms. The van der Waals surface area contributed by atoms with Crippen molar-refractivity contribution in [1.82, 2.24) is 20.4 Å². The maximum absolute atomic E-state index is 5.42. The zero-order chi connectivity index (χ0) is 20.6. The number of guanidine groups is 1. The molecule has 2 aromatic heterocycles. The van der Waals surface area contributed by atoms with Crippen molar-refractivity contribution in [3.63, 3.8) is 0 Å². The van der Waals surface area contributed by atoms with Gasteiger partial charge in [-0.15, -0.1) is 24.0 Å². The molecular formula is C23H32IN5O. The molecule has 30 heavy (non-hydrogen) atoms. The van der Waals surface area contributed by atoms with Gasteiger partial charge in [-0.25, -0.2) is 4.99 Å². The molecular weight excluding hydrogens is 489 g/mol. The van der Waals surface area contributed by atoms with Gasteiger partial charge in [-0.05, 0) is 50.5 Å². The molecule has 0 aliphatic heterocycles. The third-order valence-electron chi connectivity index (χ3n) is 5.06. The van der Waals surface area contributed by atoms with Crippen LogP contribution in [0.15, 0.2) is 58.1 Å². The van der Waals surface area contributed by atoms with Gasteiger partial charge in [0.25, 0.3) is 0 Å². The van der Waals surface area contributed by atoms with Gasteiger partial charge >= 0.3 is 0 Å². The number of aliphatic imine (C=N–C) groups is 1. The molecule has 0 amide bonds. The van der Waals surface area contributed by atoms with Crippen LogP contribution in [0.2, 0.25) is 0 Å². The number of aryl methyl sites for hydroxylation is 2. The summed E-state index contributed by atoms with van der Waals surface area (Å²) < 4.78 is 7.37. The zero-order valence-corrected chi connectivity index (χ0v) is 20.5. The fourth-order valence-corrected chi connectivity index (χ4v) is 3.37. The van der Waals surface area contributed by atoms with Gasteiger partial charge in [0, 0.05) is 31.7 Å². The smallest absolute Gasteiger partial charge is 0.191 e. The van der Waals surface area contributed by atoms with Crippen LogP contribution in [-0.2, 0) is 26.4 Å². The number of halogens is 1. The predicted octanol–water partition coefficient (Wildman–Crippen LogP) is 4.16. The van der Waals surface area contributed by atoms with Crippen LogP contribution in [0.25, 0.3) is 0 Å². The lowest BCUT2D eigenvalue weighted by atomic mass is 10.1. The average molecular weight is 521 g/mol. The summed E-state index contributed by atoms with van der Waals surface area (Å²) in [6.45, 7) is 7.76. The Morgan fingerprint density at radius 3 is 2.57 bits per heavy atom. The van der Waals surface area contributed by atoms with Gasteiger partial charge in [-0.1, -0.05) is 30.3 Å². The molecule has 3 rings (SSSR count). The number of rotatable bonds is 8. The standard InChI is InChI=1S/C23H31N5O.HI/c1-17(15-22-18(2)27-28(4)19(22)3)26-23(24-13-12-21-11-8-14-29-21)25-16-20-9-6-5-7-10-20;/h5-11,14,17H,12-13,15-16H2,1-4H3,(H2,24,25,26);1H. The Morgan fingerprint density at radius 2 is 1.93 bits per heavy atom. The maximum atomic E-state index is 5.42. The van der Waals surface area contributed by atoms with E-state index in [-0.39, 0.29) is 30.0 Å². The van der Waals surface area contributed by atoms with E-state index in [1.54, 1.807) is 6.26 Å². The first-order valence-electron chi connectivity index (χ1n) is 10.1. The summed E-state index contributed by atoms with van der Waals surface area (Å²) in [6.07, 6.45) is 3.42. The third kappa shape index (κ3) is 6.90. The summed E-state index contributed by atoms with van der Waals surface area (Å²) >= 11 is 0. The van der Waals surface area contributed by atoms with Gasteiger partial charge in [-0.2, -0.15) is 5.10 Å². The molecule has 0 saturated heterocycles. The summed E-state index contributed by atoms with van der Waals surface area (Å²) in [5, 5.41) is 11.5. The van der Waals surface area contributed by atoms with Crippen LogP contribution >= 0.6 is 24.0 Å². The zero-order valence-electron chi connectivity index (χ0n) is 18.2. The first-order valence-corrected chi connectivity index (χ1v) is 10.1. The summed E-state index contributed by atoms with van der Waals surface area (Å²) in [5.74, 6) is 1.78. The number of hydrogen-bond donors (Lipinski definition) is 2. The van der Waals surface area contributed by atoms with Crippen molar-refractivity contribution in [3.8, 4) is 0 Å². The highest BCUT2D eigenvalue weighted by Gasteiger charge is 2.14. The molecule has 0 spiro atoms.